The first-order valence-corrected chi connectivity index (χ1v) is 13.0. The molecule has 2 saturated carbocycles. The van der Waals surface area contributed by atoms with Crippen molar-refractivity contribution in [2.45, 2.75) is 76.3 Å². The average molecular weight is 462 g/mol. The molecule has 2 N–H and O–H groups in total. The van der Waals surface area contributed by atoms with Crippen molar-refractivity contribution in [3.63, 3.8) is 0 Å². The van der Waals surface area contributed by atoms with Crippen molar-refractivity contribution in [2.24, 2.45) is 5.92 Å². The van der Waals surface area contributed by atoms with Gasteiger partial charge in [0, 0.05) is 49.0 Å². The fourth-order valence-electron chi connectivity index (χ4n) is 5.74. The number of anilines is 1. The van der Waals surface area contributed by atoms with Crippen molar-refractivity contribution in [3.8, 4) is 11.5 Å². The molecule has 0 spiro atoms. The number of hydrogen-bond donors (Lipinski definition) is 2. The molecule has 7 nitrogen and oxygen atoms in total. The van der Waals surface area contributed by atoms with E-state index in [0.717, 1.165) is 60.5 Å². The third-order valence-corrected chi connectivity index (χ3v) is 7.89. The van der Waals surface area contributed by atoms with E-state index < -0.39 is 0 Å². The van der Waals surface area contributed by atoms with Crippen molar-refractivity contribution in [1.82, 2.24) is 20.4 Å². The summed E-state index contributed by atoms with van der Waals surface area (Å²) in [5.41, 5.74) is 3.06. The van der Waals surface area contributed by atoms with Crippen molar-refractivity contribution in [3.05, 3.63) is 35.7 Å². The number of nitrogens with one attached hydrogen (secondary N) is 1. The summed E-state index contributed by atoms with van der Waals surface area (Å²) < 4.78 is 5.75. The van der Waals surface area contributed by atoms with Crippen LogP contribution in [0.3, 0.4) is 0 Å². The van der Waals surface area contributed by atoms with E-state index in [4.69, 9.17) is 14.5 Å². The molecule has 0 amide bonds. The molecule has 3 fully saturated rings. The Balaban J connectivity index is 1.31. The first kappa shape index (κ1) is 22.0. The molecule has 2 aliphatic carbocycles. The van der Waals surface area contributed by atoms with Gasteiger partial charge in [0.2, 0.25) is 0 Å². The fourth-order valence-corrected chi connectivity index (χ4v) is 5.74. The predicted octanol–water partition coefficient (Wildman–Crippen LogP) is 4.58. The summed E-state index contributed by atoms with van der Waals surface area (Å²) in [5, 5.41) is 19.5. The van der Waals surface area contributed by atoms with Crippen molar-refractivity contribution >= 4 is 16.7 Å². The minimum absolute atomic E-state index is 0.170. The van der Waals surface area contributed by atoms with Crippen LogP contribution in [0.15, 0.2) is 28.8 Å². The van der Waals surface area contributed by atoms with E-state index in [9.17, 15) is 5.11 Å². The minimum atomic E-state index is 0.170. The summed E-state index contributed by atoms with van der Waals surface area (Å²) in [6.07, 6.45) is 9.78. The van der Waals surface area contributed by atoms with Crippen LogP contribution in [-0.4, -0.2) is 52.0 Å². The molecule has 3 aliphatic rings. The lowest BCUT2D eigenvalue weighted by atomic mass is 9.89. The molecule has 7 heteroatoms. The second-order valence-corrected chi connectivity index (χ2v) is 10.6. The molecule has 0 radical (unpaired) electrons. The molecule has 3 heterocycles. The number of aliphatic hydroxyl groups excluding tert-OH is 1. The maximum atomic E-state index is 10.3. The van der Waals surface area contributed by atoms with Gasteiger partial charge in [-0.15, -0.1) is 0 Å². The van der Waals surface area contributed by atoms with E-state index in [1.54, 1.807) is 0 Å². The van der Waals surface area contributed by atoms with Gasteiger partial charge in [0.05, 0.1) is 11.1 Å². The smallest absolute Gasteiger partial charge is 0.261 e. The lowest BCUT2D eigenvalue weighted by Gasteiger charge is -2.41. The quantitative estimate of drug-likeness (QED) is 0.555. The average Bonchev–Trinajstić information content (AvgIpc) is 3.60. The van der Waals surface area contributed by atoms with E-state index in [1.165, 1.54) is 37.7 Å². The third kappa shape index (κ3) is 4.43. The summed E-state index contributed by atoms with van der Waals surface area (Å²) in [4.78, 5) is 12.2. The van der Waals surface area contributed by atoms with Gasteiger partial charge in [-0.2, -0.15) is 4.98 Å². The van der Waals surface area contributed by atoms with Gasteiger partial charge in [-0.1, -0.05) is 36.0 Å². The van der Waals surface area contributed by atoms with Gasteiger partial charge in [0.15, 0.2) is 5.82 Å². The Morgan fingerprint density at radius 2 is 1.91 bits per heavy atom. The van der Waals surface area contributed by atoms with E-state index in [2.05, 4.69) is 46.6 Å². The van der Waals surface area contributed by atoms with Crippen molar-refractivity contribution in [1.29, 1.82) is 0 Å². The molecule has 2 atom stereocenters. The number of aryl methyl sites for hydroxylation is 1. The SMILES string of the molecule is Cc1ccc2nc(N3CCC(NC4CCCCC4)C(CO)C3)c(-c3nc(C4CC4)no3)cc2c1. The highest BCUT2D eigenvalue weighted by Gasteiger charge is 2.34. The number of aromatic nitrogens is 3. The van der Waals surface area contributed by atoms with Crippen LogP contribution < -0.4 is 10.2 Å². The van der Waals surface area contributed by atoms with Crippen LogP contribution in [0.2, 0.25) is 0 Å². The van der Waals surface area contributed by atoms with E-state index in [-0.39, 0.29) is 12.5 Å². The number of pyridine rings is 1. The zero-order chi connectivity index (χ0) is 23.1. The van der Waals surface area contributed by atoms with Gasteiger partial charge in [0.1, 0.15) is 5.82 Å². The number of aliphatic hydroxyl groups is 1. The fraction of sp³-hybridized carbons (Fsp3) is 0.593. The highest BCUT2D eigenvalue weighted by molar-refractivity contribution is 5.88. The van der Waals surface area contributed by atoms with Crippen LogP contribution in [0.1, 0.15) is 68.7 Å². The van der Waals surface area contributed by atoms with Crippen molar-refractivity contribution in [2.75, 3.05) is 24.6 Å². The Morgan fingerprint density at radius 3 is 2.71 bits per heavy atom. The third-order valence-electron chi connectivity index (χ3n) is 7.89. The number of fused-ring (bicyclic) bond motifs is 1. The molecule has 2 aromatic heterocycles. The van der Waals surface area contributed by atoms with Crippen LogP contribution >= 0.6 is 0 Å². The molecule has 1 saturated heterocycles. The Bertz CT molecular complexity index is 1150. The topological polar surface area (TPSA) is 87.3 Å². The summed E-state index contributed by atoms with van der Waals surface area (Å²) >= 11 is 0. The summed E-state index contributed by atoms with van der Waals surface area (Å²) in [7, 11) is 0. The number of benzene rings is 1. The lowest BCUT2D eigenvalue weighted by Crippen LogP contribution is -2.53. The Labute approximate surface area is 201 Å². The van der Waals surface area contributed by atoms with Gasteiger partial charge in [-0.25, -0.2) is 4.98 Å². The monoisotopic (exact) mass is 461 g/mol. The zero-order valence-corrected chi connectivity index (χ0v) is 20.0. The number of hydrogen-bond acceptors (Lipinski definition) is 7. The Hall–Kier alpha value is -2.51. The predicted molar refractivity (Wildman–Crippen MR) is 133 cm³/mol. The first-order chi connectivity index (χ1) is 16.7. The summed E-state index contributed by atoms with van der Waals surface area (Å²) in [5.74, 6) is 2.86. The normalized spacial score (nSPS) is 24.1. The second kappa shape index (κ2) is 9.27. The molecular weight excluding hydrogens is 426 g/mol. The Kier molecular flexibility index (Phi) is 5.99. The lowest BCUT2D eigenvalue weighted by molar-refractivity contribution is 0.160. The highest BCUT2D eigenvalue weighted by atomic mass is 16.5. The van der Waals surface area contributed by atoms with Gasteiger partial charge in [-0.3, -0.25) is 0 Å². The zero-order valence-electron chi connectivity index (χ0n) is 20.0. The summed E-state index contributed by atoms with van der Waals surface area (Å²) in [6.45, 7) is 3.93. The van der Waals surface area contributed by atoms with Gasteiger partial charge < -0.3 is 19.8 Å². The van der Waals surface area contributed by atoms with Crippen LogP contribution in [0.4, 0.5) is 5.82 Å². The van der Waals surface area contributed by atoms with Crippen LogP contribution in [0.25, 0.3) is 22.4 Å². The van der Waals surface area contributed by atoms with E-state index in [0.29, 0.717) is 23.9 Å². The number of rotatable bonds is 6. The molecule has 34 heavy (non-hydrogen) atoms. The van der Waals surface area contributed by atoms with Crippen molar-refractivity contribution < 1.29 is 9.63 Å². The van der Waals surface area contributed by atoms with Crippen LogP contribution in [-0.2, 0) is 0 Å². The van der Waals surface area contributed by atoms with Crippen LogP contribution in [0, 0.1) is 12.8 Å². The van der Waals surface area contributed by atoms with E-state index >= 15 is 0 Å². The van der Waals surface area contributed by atoms with Gasteiger partial charge in [-0.05, 0) is 57.2 Å². The minimum Gasteiger partial charge on any atom is -0.396 e. The first-order valence-electron chi connectivity index (χ1n) is 13.0. The molecule has 180 valence electrons. The Morgan fingerprint density at radius 1 is 1.06 bits per heavy atom. The van der Waals surface area contributed by atoms with E-state index in [1.807, 2.05) is 0 Å². The highest BCUT2D eigenvalue weighted by Crippen LogP contribution is 2.40. The van der Waals surface area contributed by atoms with Crippen LogP contribution in [0.5, 0.6) is 0 Å². The molecular formula is C27H35N5O2. The molecule has 3 aromatic rings. The number of piperidine rings is 1. The molecule has 1 aromatic carbocycles. The standard InChI is InChI=1S/C27H35N5O2/c1-17-7-10-23-19(13-17)14-22(27-30-25(31-34-27)18-8-9-18)26(29-23)32-12-11-24(20(15-32)16-33)28-21-5-3-2-4-6-21/h7,10,13-14,18,20-21,24,28,33H,2-6,8-9,11-12,15-16H2,1H3. The molecule has 6 rings (SSSR count). The van der Waals surface area contributed by atoms with Gasteiger partial charge >= 0.3 is 0 Å². The largest absolute Gasteiger partial charge is 0.396 e. The second-order valence-electron chi connectivity index (χ2n) is 10.6. The summed E-state index contributed by atoms with van der Waals surface area (Å²) in [6, 6.07) is 9.44. The van der Waals surface area contributed by atoms with Gasteiger partial charge in [0.25, 0.3) is 5.89 Å². The molecule has 1 aliphatic heterocycles. The number of nitrogens with zero attached hydrogens (tertiary/aromatic N) is 4. The molecule has 2 unspecified atom stereocenters. The maximum Gasteiger partial charge on any atom is 0.261 e. The molecule has 0 bridgehead atoms. The maximum absolute atomic E-state index is 10.3.